The van der Waals surface area contributed by atoms with Crippen LogP contribution in [0.15, 0.2) is 0 Å². The molecule has 0 fully saturated rings. The third-order valence-electron chi connectivity index (χ3n) is 2.04. The van der Waals surface area contributed by atoms with Crippen molar-refractivity contribution in [1.29, 1.82) is 0 Å². The smallest absolute Gasteiger partial charge is 0.252 e. The molecule has 0 aromatic heterocycles. The molecule has 86 valence electrons. The van der Waals surface area contributed by atoms with E-state index in [1.165, 1.54) is 0 Å². The van der Waals surface area contributed by atoms with Gasteiger partial charge in [-0.25, -0.2) is 4.18 Å². The highest BCUT2D eigenvalue weighted by Gasteiger charge is 2.16. The molecule has 0 N–H and O–H groups in total. The molecular formula is C9H20O4S. The molecule has 0 rings (SSSR count). The predicted octanol–water partition coefficient (Wildman–Crippen LogP) is 2.25. The van der Waals surface area contributed by atoms with E-state index in [4.69, 9.17) is 4.18 Å². The van der Waals surface area contributed by atoms with Gasteiger partial charge in [0.2, 0.25) is 0 Å². The summed E-state index contributed by atoms with van der Waals surface area (Å²) in [6, 6.07) is 0. The van der Waals surface area contributed by atoms with Crippen LogP contribution in [0.2, 0.25) is 0 Å². The van der Waals surface area contributed by atoms with E-state index in [2.05, 4.69) is 11.1 Å². The molecule has 14 heavy (non-hydrogen) atoms. The van der Waals surface area contributed by atoms with Crippen LogP contribution in [0.5, 0.6) is 0 Å². The van der Waals surface area contributed by atoms with E-state index in [9.17, 15) is 8.42 Å². The van der Waals surface area contributed by atoms with Gasteiger partial charge in [-0.1, -0.05) is 33.1 Å². The van der Waals surface area contributed by atoms with Gasteiger partial charge in [0, 0.05) is 0 Å². The van der Waals surface area contributed by atoms with Crippen LogP contribution in [0, 0.1) is 0 Å². The van der Waals surface area contributed by atoms with Gasteiger partial charge in [-0.05, 0) is 12.8 Å². The van der Waals surface area contributed by atoms with Gasteiger partial charge in [-0.2, -0.15) is 8.42 Å². The number of unbranched alkanes of at least 4 members (excludes halogenated alkanes) is 2. The Morgan fingerprint density at radius 1 is 1.21 bits per heavy atom. The Balaban J connectivity index is 3.91. The molecule has 0 saturated carbocycles. The molecule has 4 nitrogen and oxygen atoms in total. The number of hydrogen-bond donors (Lipinski definition) is 0. The standard InChI is InChI=1S/C9H20O4S/c1-4-6-7-8-9(5-2)13-14(10,11)12-3/h9H,4-8H2,1-3H3. The highest BCUT2D eigenvalue weighted by atomic mass is 32.3. The summed E-state index contributed by atoms with van der Waals surface area (Å²) in [6.07, 6.45) is 4.43. The number of hydrogen-bond acceptors (Lipinski definition) is 4. The Morgan fingerprint density at radius 3 is 2.29 bits per heavy atom. The molecule has 0 aliphatic rings. The van der Waals surface area contributed by atoms with Crippen molar-refractivity contribution in [3.8, 4) is 0 Å². The quantitative estimate of drug-likeness (QED) is 0.593. The summed E-state index contributed by atoms with van der Waals surface area (Å²) in [5.74, 6) is 0. The largest absolute Gasteiger partial charge is 0.399 e. The SMILES string of the molecule is CCCCCC(CC)OS(=O)(=O)OC. The minimum absolute atomic E-state index is 0.244. The fraction of sp³-hybridized carbons (Fsp3) is 1.00. The molecule has 0 aromatic rings. The van der Waals surface area contributed by atoms with Crippen LogP contribution >= 0.6 is 0 Å². The van der Waals surface area contributed by atoms with Crippen molar-refractivity contribution in [2.75, 3.05) is 7.11 Å². The van der Waals surface area contributed by atoms with Crippen molar-refractivity contribution in [2.24, 2.45) is 0 Å². The van der Waals surface area contributed by atoms with Crippen molar-refractivity contribution in [3.05, 3.63) is 0 Å². The molecule has 0 bridgehead atoms. The Bertz CT molecular complexity index is 223. The zero-order chi connectivity index (χ0) is 11.0. The summed E-state index contributed by atoms with van der Waals surface area (Å²) in [5.41, 5.74) is 0. The average Bonchev–Trinajstić information content (AvgIpc) is 2.16. The molecule has 1 atom stereocenters. The van der Waals surface area contributed by atoms with Gasteiger partial charge in [0.15, 0.2) is 0 Å². The molecule has 0 saturated heterocycles. The van der Waals surface area contributed by atoms with Gasteiger partial charge < -0.3 is 0 Å². The lowest BCUT2D eigenvalue weighted by Gasteiger charge is -2.13. The summed E-state index contributed by atoms with van der Waals surface area (Å²) in [4.78, 5) is 0. The van der Waals surface area contributed by atoms with Crippen molar-refractivity contribution >= 4 is 10.4 Å². The molecule has 1 unspecified atom stereocenters. The molecule has 0 spiro atoms. The van der Waals surface area contributed by atoms with Crippen LogP contribution in [0.25, 0.3) is 0 Å². The van der Waals surface area contributed by atoms with E-state index in [0.717, 1.165) is 32.8 Å². The molecule has 0 radical (unpaired) electrons. The van der Waals surface area contributed by atoms with Gasteiger partial charge in [0.05, 0.1) is 13.2 Å². The summed E-state index contributed by atoms with van der Waals surface area (Å²) in [7, 11) is -2.66. The lowest BCUT2D eigenvalue weighted by Crippen LogP contribution is -2.18. The van der Waals surface area contributed by atoms with Crippen molar-refractivity contribution in [1.82, 2.24) is 0 Å². The fourth-order valence-electron chi connectivity index (χ4n) is 1.15. The fourth-order valence-corrected chi connectivity index (χ4v) is 1.79. The normalized spacial score (nSPS) is 14.2. The summed E-state index contributed by atoms with van der Waals surface area (Å²) < 4.78 is 31.0. The Kier molecular flexibility index (Phi) is 7.13. The Morgan fingerprint density at radius 2 is 1.86 bits per heavy atom. The van der Waals surface area contributed by atoms with Gasteiger partial charge in [-0.15, -0.1) is 0 Å². The molecule has 0 aliphatic carbocycles. The lowest BCUT2D eigenvalue weighted by molar-refractivity contribution is 0.155. The maximum absolute atomic E-state index is 11.0. The average molecular weight is 224 g/mol. The van der Waals surface area contributed by atoms with Crippen LogP contribution in [0.1, 0.15) is 46.0 Å². The van der Waals surface area contributed by atoms with Crippen molar-refractivity contribution in [3.63, 3.8) is 0 Å². The van der Waals surface area contributed by atoms with Gasteiger partial charge in [0.1, 0.15) is 0 Å². The van der Waals surface area contributed by atoms with Crippen molar-refractivity contribution in [2.45, 2.75) is 52.1 Å². The molecule has 0 heterocycles. The minimum atomic E-state index is -3.77. The molecule has 0 aliphatic heterocycles. The zero-order valence-electron chi connectivity index (χ0n) is 9.15. The molecule has 0 aromatic carbocycles. The summed E-state index contributed by atoms with van der Waals surface area (Å²) in [6.45, 7) is 4.01. The first-order valence-corrected chi connectivity index (χ1v) is 6.37. The van der Waals surface area contributed by atoms with E-state index in [-0.39, 0.29) is 6.10 Å². The van der Waals surface area contributed by atoms with Crippen LogP contribution < -0.4 is 0 Å². The summed E-state index contributed by atoms with van der Waals surface area (Å²) >= 11 is 0. The second-order valence-corrected chi connectivity index (χ2v) is 4.54. The maximum atomic E-state index is 11.0. The topological polar surface area (TPSA) is 52.6 Å². The number of rotatable bonds is 8. The van der Waals surface area contributed by atoms with Crippen LogP contribution in [-0.4, -0.2) is 21.6 Å². The first-order chi connectivity index (χ1) is 6.55. The van der Waals surface area contributed by atoms with E-state index in [1.807, 2.05) is 6.92 Å². The van der Waals surface area contributed by atoms with Gasteiger partial charge in [0.25, 0.3) is 0 Å². The van der Waals surface area contributed by atoms with Crippen LogP contribution in [0.3, 0.4) is 0 Å². The van der Waals surface area contributed by atoms with Crippen molar-refractivity contribution < 1.29 is 16.8 Å². The van der Waals surface area contributed by atoms with Crippen LogP contribution in [-0.2, 0) is 18.8 Å². The second kappa shape index (κ2) is 7.20. The third-order valence-corrected chi connectivity index (χ3v) is 2.96. The highest BCUT2D eigenvalue weighted by molar-refractivity contribution is 7.81. The Labute approximate surface area is 86.9 Å². The van der Waals surface area contributed by atoms with Crippen LogP contribution in [0.4, 0.5) is 0 Å². The van der Waals surface area contributed by atoms with E-state index in [0.29, 0.717) is 6.42 Å². The van der Waals surface area contributed by atoms with E-state index < -0.39 is 10.4 Å². The molecule has 0 amide bonds. The molecular weight excluding hydrogens is 204 g/mol. The Hall–Kier alpha value is -0.130. The third kappa shape index (κ3) is 6.34. The zero-order valence-corrected chi connectivity index (χ0v) is 9.97. The maximum Gasteiger partial charge on any atom is 0.399 e. The van der Waals surface area contributed by atoms with E-state index >= 15 is 0 Å². The second-order valence-electron chi connectivity index (χ2n) is 3.20. The molecule has 5 heteroatoms. The lowest BCUT2D eigenvalue weighted by atomic mass is 10.1. The first kappa shape index (κ1) is 13.9. The monoisotopic (exact) mass is 224 g/mol. The van der Waals surface area contributed by atoms with Gasteiger partial charge >= 0.3 is 10.4 Å². The highest BCUT2D eigenvalue weighted by Crippen LogP contribution is 2.13. The predicted molar refractivity (Wildman–Crippen MR) is 55.2 cm³/mol. The summed E-state index contributed by atoms with van der Waals surface area (Å²) in [5, 5.41) is 0. The van der Waals surface area contributed by atoms with Gasteiger partial charge in [-0.3, -0.25) is 4.18 Å². The first-order valence-electron chi connectivity index (χ1n) is 5.04. The minimum Gasteiger partial charge on any atom is -0.252 e. The van der Waals surface area contributed by atoms with E-state index in [1.54, 1.807) is 0 Å².